The molecular weight excluding hydrogens is 342 g/mol. The second-order valence-corrected chi connectivity index (χ2v) is 7.43. The molecule has 6 nitrogen and oxygen atoms in total. The molecular formula is C21H27N3O3. The Morgan fingerprint density at radius 2 is 1.59 bits per heavy atom. The molecule has 0 aromatic heterocycles. The highest BCUT2D eigenvalue weighted by atomic mass is 16.6. The number of nitrogens with zero attached hydrogens (tertiary/aromatic N) is 2. The summed E-state index contributed by atoms with van der Waals surface area (Å²) in [6.45, 7) is 8.31. The maximum atomic E-state index is 13.1. The molecule has 0 fully saturated rings. The summed E-state index contributed by atoms with van der Waals surface area (Å²) in [4.78, 5) is 25.6. The third kappa shape index (κ3) is 4.45. The van der Waals surface area contributed by atoms with E-state index in [1.54, 1.807) is 25.1 Å². The van der Waals surface area contributed by atoms with Crippen molar-refractivity contribution in [1.29, 1.82) is 0 Å². The molecule has 2 aromatic carbocycles. The van der Waals surface area contributed by atoms with Crippen LogP contribution < -0.4 is 10.2 Å². The molecule has 0 aliphatic carbocycles. The Morgan fingerprint density at radius 3 is 2.04 bits per heavy atom. The van der Waals surface area contributed by atoms with E-state index in [1.165, 1.54) is 12.1 Å². The Morgan fingerprint density at radius 1 is 1.04 bits per heavy atom. The Balaban J connectivity index is 2.55. The number of benzene rings is 2. The minimum Gasteiger partial charge on any atom is -0.377 e. The van der Waals surface area contributed by atoms with Crippen molar-refractivity contribution in [2.24, 2.45) is 0 Å². The van der Waals surface area contributed by atoms with Gasteiger partial charge in [0.15, 0.2) is 0 Å². The maximum absolute atomic E-state index is 13.1. The third-order valence-electron chi connectivity index (χ3n) is 4.53. The van der Waals surface area contributed by atoms with Gasteiger partial charge in [0.1, 0.15) is 0 Å². The van der Waals surface area contributed by atoms with Gasteiger partial charge >= 0.3 is 0 Å². The van der Waals surface area contributed by atoms with Crippen LogP contribution in [0.2, 0.25) is 0 Å². The van der Waals surface area contributed by atoms with E-state index in [-0.39, 0.29) is 29.0 Å². The van der Waals surface area contributed by atoms with Crippen molar-refractivity contribution in [2.75, 3.05) is 24.3 Å². The molecule has 0 atom stereocenters. The average molecular weight is 369 g/mol. The van der Waals surface area contributed by atoms with Crippen LogP contribution in [0.3, 0.4) is 0 Å². The topological polar surface area (TPSA) is 75.5 Å². The highest BCUT2D eigenvalue weighted by Gasteiger charge is 2.21. The highest BCUT2D eigenvalue weighted by Crippen LogP contribution is 2.33. The van der Waals surface area contributed by atoms with Crippen LogP contribution >= 0.6 is 0 Å². The zero-order valence-electron chi connectivity index (χ0n) is 16.7. The highest BCUT2D eigenvalue weighted by molar-refractivity contribution is 6.09. The number of nitrogens with one attached hydrogen (secondary N) is 1. The first kappa shape index (κ1) is 20.4. The van der Waals surface area contributed by atoms with Gasteiger partial charge in [0.25, 0.3) is 11.6 Å². The van der Waals surface area contributed by atoms with Gasteiger partial charge in [-0.2, -0.15) is 0 Å². The Hall–Kier alpha value is -2.89. The zero-order valence-corrected chi connectivity index (χ0v) is 16.7. The van der Waals surface area contributed by atoms with E-state index in [0.29, 0.717) is 5.69 Å². The van der Waals surface area contributed by atoms with Crippen molar-refractivity contribution in [3.05, 3.63) is 63.2 Å². The molecule has 1 N–H and O–H groups in total. The van der Waals surface area contributed by atoms with Crippen molar-refractivity contribution in [3.63, 3.8) is 0 Å². The van der Waals surface area contributed by atoms with Crippen molar-refractivity contribution in [3.8, 4) is 0 Å². The normalized spacial score (nSPS) is 11.0. The SMILES string of the molecule is CC(C)c1cccc(C(C)C)c1NC(=O)c1cc([N+](=O)[O-])ccc1N(C)C. The number of non-ortho nitro benzene ring substituents is 1. The minimum atomic E-state index is -0.488. The molecule has 0 saturated heterocycles. The third-order valence-corrected chi connectivity index (χ3v) is 4.53. The summed E-state index contributed by atoms with van der Waals surface area (Å²) < 4.78 is 0. The van der Waals surface area contributed by atoms with Crippen LogP contribution in [0.15, 0.2) is 36.4 Å². The Bertz CT molecular complexity index is 831. The lowest BCUT2D eigenvalue weighted by molar-refractivity contribution is -0.384. The summed E-state index contributed by atoms with van der Waals surface area (Å²) in [5.41, 5.74) is 3.70. The molecule has 6 heteroatoms. The Kier molecular flexibility index (Phi) is 6.20. The van der Waals surface area contributed by atoms with Gasteiger partial charge in [-0.15, -0.1) is 0 Å². The van der Waals surface area contributed by atoms with Crippen LogP contribution in [0.4, 0.5) is 17.1 Å². The van der Waals surface area contributed by atoms with E-state index < -0.39 is 4.92 Å². The van der Waals surface area contributed by atoms with E-state index in [1.807, 2.05) is 18.2 Å². The summed E-state index contributed by atoms with van der Waals surface area (Å²) in [5, 5.41) is 14.2. The maximum Gasteiger partial charge on any atom is 0.270 e. The van der Waals surface area contributed by atoms with Gasteiger partial charge in [-0.3, -0.25) is 14.9 Å². The standard InChI is InChI=1S/C21H27N3O3/c1-13(2)16-8-7-9-17(14(3)4)20(16)22-21(25)18-12-15(24(26)27)10-11-19(18)23(5)6/h7-14H,1-6H3,(H,22,25). The summed E-state index contributed by atoms with van der Waals surface area (Å²) in [5.74, 6) is 0.118. The quantitative estimate of drug-likeness (QED) is 0.564. The van der Waals surface area contributed by atoms with Gasteiger partial charge in [0, 0.05) is 37.6 Å². The molecule has 0 spiro atoms. The number of para-hydroxylation sites is 1. The number of hydrogen-bond donors (Lipinski definition) is 1. The second-order valence-electron chi connectivity index (χ2n) is 7.43. The fourth-order valence-electron chi connectivity index (χ4n) is 3.09. The van der Waals surface area contributed by atoms with Gasteiger partial charge in [-0.25, -0.2) is 0 Å². The lowest BCUT2D eigenvalue weighted by Crippen LogP contribution is -2.20. The molecule has 27 heavy (non-hydrogen) atoms. The zero-order chi connectivity index (χ0) is 20.3. The molecule has 2 aromatic rings. The summed E-state index contributed by atoms with van der Waals surface area (Å²) in [6, 6.07) is 10.4. The second kappa shape index (κ2) is 8.20. The number of nitro benzene ring substituents is 1. The van der Waals surface area contributed by atoms with Gasteiger partial charge in [-0.05, 0) is 29.0 Å². The summed E-state index contributed by atoms with van der Waals surface area (Å²) in [6.07, 6.45) is 0. The molecule has 0 radical (unpaired) electrons. The number of carbonyl (C=O) groups excluding carboxylic acids is 1. The van der Waals surface area contributed by atoms with Crippen LogP contribution in [-0.2, 0) is 0 Å². The number of carbonyl (C=O) groups is 1. The summed E-state index contributed by atoms with van der Waals surface area (Å²) >= 11 is 0. The molecule has 0 unspecified atom stereocenters. The number of rotatable bonds is 6. The molecule has 0 bridgehead atoms. The predicted octanol–water partition coefficient (Wildman–Crippen LogP) is 5.16. The van der Waals surface area contributed by atoms with Crippen molar-refractivity contribution >= 4 is 23.0 Å². The smallest absolute Gasteiger partial charge is 0.270 e. The van der Waals surface area contributed by atoms with Crippen LogP contribution in [0.5, 0.6) is 0 Å². The fraction of sp³-hybridized carbons (Fsp3) is 0.381. The lowest BCUT2D eigenvalue weighted by Gasteiger charge is -2.22. The number of hydrogen-bond acceptors (Lipinski definition) is 4. The Labute approximate surface area is 160 Å². The number of nitro groups is 1. The molecule has 0 aliphatic rings. The van der Waals surface area contributed by atoms with Crippen molar-refractivity contribution < 1.29 is 9.72 Å². The number of amides is 1. The fourth-order valence-corrected chi connectivity index (χ4v) is 3.09. The number of anilines is 2. The van der Waals surface area contributed by atoms with E-state index in [2.05, 4.69) is 33.0 Å². The van der Waals surface area contributed by atoms with Gasteiger partial charge in [0.05, 0.1) is 10.5 Å². The monoisotopic (exact) mass is 369 g/mol. The van der Waals surface area contributed by atoms with Gasteiger partial charge < -0.3 is 10.2 Å². The van der Waals surface area contributed by atoms with Crippen LogP contribution in [-0.4, -0.2) is 24.9 Å². The van der Waals surface area contributed by atoms with E-state index in [0.717, 1.165) is 16.8 Å². The molecule has 0 saturated carbocycles. The first-order valence-corrected chi connectivity index (χ1v) is 9.03. The average Bonchev–Trinajstić information content (AvgIpc) is 2.60. The molecule has 1 amide bonds. The first-order chi connectivity index (χ1) is 12.6. The van der Waals surface area contributed by atoms with Gasteiger partial charge in [-0.1, -0.05) is 45.9 Å². The van der Waals surface area contributed by atoms with Crippen molar-refractivity contribution in [1.82, 2.24) is 0 Å². The summed E-state index contributed by atoms with van der Waals surface area (Å²) in [7, 11) is 3.61. The van der Waals surface area contributed by atoms with Crippen LogP contribution in [0.25, 0.3) is 0 Å². The lowest BCUT2D eigenvalue weighted by atomic mass is 9.92. The van der Waals surface area contributed by atoms with Gasteiger partial charge in [0.2, 0.25) is 0 Å². The predicted molar refractivity (Wildman–Crippen MR) is 110 cm³/mol. The van der Waals surface area contributed by atoms with E-state index in [9.17, 15) is 14.9 Å². The molecule has 0 aliphatic heterocycles. The van der Waals surface area contributed by atoms with Crippen molar-refractivity contribution in [2.45, 2.75) is 39.5 Å². The molecule has 144 valence electrons. The molecule has 2 rings (SSSR count). The van der Waals surface area contributed by atoms with E-state index in [4.69, 9.17) is 0 Å². The largest absolute Gasteiger partial charge is 0.377 e. The minimum absolute atomic E-state index is 0.105. The molecule has 0 heterocycles. The van der Waals surface area contributed by atoms with E-state index >= 15 is 0 Å². The first-order valence-electron chi connectivity index (χ1n) is 9.03. The van der Waals surface area contributed by atoms with Crippen LogP contribution in [0.1, 0.15) is 61.0 Å². The van der Waals surface area contributed by atoms with Crippen LogP contribution in [0, 0.1) is 10.1 Å².